The molecule has 2 N–H and O–H groups in total. The fourth-order valence-corrected chi connectivity index (χ4v) is 1.60. The molecule has 0 saturated carbocycles. The number of nitrogens with one attached hydrogen (secondary N) is 2. The normalized spacial score (nSPS) is 20.7. The average Bonchev–Trinajstić information content (AvgIpc) is 2.82. The van der Waals surface area contributed by atoms with Crippen LogP contribution in [-0.4, -0.2) is 58.8 Å². The van der Waals surface area contributed by atoms with Crippen molar-refractivity contribution in [2.75, 3.05) is 26.8 Å². The van der Waals surface area contributed by atoms with Crippen molar-refractivity contribution in [1.29, 1.82) is 0 Å². The van der Waals surface area contributed by atoms with E-state index in [9.17, 15) is 4.79 Å². The molecule has 88 valence electrons. The first-order valence-electron chi connectivity index (χ1n) is 5.17. The Morgan fingerprint density at radius 3 is 3.25 bits per heavy atom. The molecule has 1 amide bonds. The summed E-state index contributed by atoms with van der Waals surface area (Å²) in [5, 5.41) is 9.57. The lowest BCUT2D eigenvalue weighted by Crippen LogP contribution is -2.51. The van der Waals surface area contributed by atoms with E-state index in [2.05, 4.69) is 20.5 Å². The minimum atomic E-state index is -0.248. The molecule has 1 saturated heterocycles. The van der Waals surface area contributed by atoms with Crippen molar-refractivity contribution in [3.63, 3.8) is 0 Å². The minimum Gasteiger partial charge on any atom is -0.378 e. The van der Waals surface area contributed by atoms with Crippen LogP contribution in [0, 0.1) is 0 Å². The summed E-state index contributed by atoms with van der Waals surface area (Å²) in [5.41, 5.74) is 0. The van der Waals surface area contributed by atoms with Gasteiger partial charge in [-0.05, 0) is 0 Å². The molecule has 0 bridgehead atoms. The third kappa shape index (κ3) is 2.56. The predicted octanol–water partition coefficient (Wildman–Crippen LogP) is -1.25. The Morgan fingerprint density at radius 1 is 1.75 bits per heavy atom. The highest BCUT2D eigenvalue weighted by atomic mass is 16.5. The number of aromatic amines is 1. The van der Waals surface area contributed by atoms with Crippen LogP contribution in [0.4, 0.5) is 0 Å². The van der Waals surface area contributed by atoms with Crippen LogP contribution in [0.5, 0.6) is 0 Å². The molecule has 16 heavy (non-hydrogen) atoms. The highest BCUT2D eigenvalue weighted by Crippen LogP contribution is 2.01. The Kier molecular flexibility index (Phi) is 3.47. The van der Waals surface area contributed by atoms with Gasteiger partial charge in [0, 0.05) is 13.6 Å². The van der Waals surface area contributed by atoms with Crippen LogP contribution >= 0.6 is 0 Å². The summed E-state index contributed by atoms with van der Waals surface area (Å²) in [4.78, 5) is 17.5. The lowest BCUT2D eigenvalue weighted by atomic mass is 10.2. The number of amides is 1. The van der Waals surface area contributed by atoms with E-state index in [1.54, 1.807) is 11.9 Å². The number of H-pyrrole nitrogens is 1. The molecule has 0 radical (unpaired) electrons. The fraction of sp³-hybridized carbons (Fsp3) is 0.667. The second-order valence-corrected chi connectivity index (χ2v) is 3.71. The van der Waals surface area contributed by atoms with Gasteiger partial charge in [-0.15, -0.1) is 0 Å². The molecule has 0 aliphatic carbocycles. The number of ether oxygens (including phenoxy) is 1. The molecule has 1 unspecified atom stereocenters. The van der Waals surface area contributed by atoms with Gasteiger partial charge in [0.15, 0.2) is 0 Å². The number of hydrogen-bond acceptors (Lipinski definition) is 5. The van der Waals surface area contributed by atoms with Crippen molar-refractivity contribution >= 4 is 5.91 Å². The number of aromatic nitrogens is 3. The maximum absolute atomic E-state index is 11.9. The monoisotopic (exact) mass is 225 g/mol. The Hall–Kier alpha value is -1.47. The van der Waals surface area contributed by atoms with Crippen LogP contribution in [0.15, 0.2) is 6.33 Å². The van der Waals surface area contributed by atoms with Crippen molar-refractivity contribution in [2.45, 2.75) is 12.6 Å². The molecule has 1 aliphatic rings. The van der Waals surface area contributed by atoms with Gasteiger partial charge in [-0.2, -0.15) is 5.10 Å². The molecular formula is C9H15N5O2. The lowest BCUT2D eigenvalue weighted by molar-refractivity contribution is -0.135. The van der Waals surface area contributed by atoms with E-state index in [1.165, 1.54) is 6.33 Å². The maximum atomic E-state index is 11.9. The molecule has 1 aromatic heterocycles. The highest BCUT2D eigenvalue weighted by Gasteiger charge is 2.24. The zero-order chi connectivity index (χ0) is 11.4. The first kappa shape index (κ1) is 11.0. The zero-order valence-corrected chi connectivity index (χ0v) is 9.14. The largest absolute Gasteiger partial charge is 0.378 e. The van der Waals surface area contributed by atoms with E-state index in [1.807, 2.05) is 0 Å². The average molecular weight is 225 g/mol. The summed E-state index contributed by atoms with van der Waals surface area (Å²) in [6.07, 6.45) is 1.43. The van der Waals surface area contributed by atoms with E-state index < -0.39 is 0 Å². The van der Waals surface area contributed by atoms with Gasteiger partial charge in [0.2, 0.25) is 5.91 Å². The van der Waals surface area contributed by atoms with E-state index in [-0.39, 0.29) is 11.9 Å². The molecule has 7 heteroatoms. The number of hydrogen-bond donors (Lipinski definition) is 2. The minimum absolute atomic E-state index is 0.0103. The summed E-state index contributed by atoms with van der Waals surface area (Å²) in [7, 11) is 1.74. The second-order valence-electron chi connectivity index (χ2n) is 3.71. The zero-order valence-electron chi connectivity index (χ0n) is 9.14. The van der Waals surface area contributed by atoms with Crippen LogP contribution < -0.4 is 5.32 Å². The highest BCUT2D eigenvalue weighted by molar-refractivity contribution is 5.81. The summed E-state index contributed by atoms with van der Waals surface area (Å²) in [5.74, 6) is 0.684. The Bertz CT molecular complexity index is 334. The molecule has 0 aromatic carbocycles. The van der Waals surface area contributed by atoms with Gasteiger partial charge >= 0.3 is 0 Å². The molecule has 1 aliphatic heterocycles. The molecular weight excluding hydrogens is 210 g/mol. The van der Waals surface area contributed by atoms with Crippen LogP contribution in [0.25, 0.3) is 0 Å². The number of rotatable bonds is 3. The van der Waals surface area contributed by atoms with Crippen molar-refractivity contribution < 1.29 is 9.53 Å². The molecule has 1 atom stereocenters. The number of nitrogens with zero attached hydrogens (tertiary/aromatic N) is 3. The Balaban J connectivity index is 1.88. The number of carbonyl (C=O) groups excluding carboxylic acids is 1. The summed E-state index contributed by atoms with van der Waals surface area (Å²) < 4.78 is 5.24. The van der Waals surface area contributed by atoms with Crippen molar-refractivity contribution in [2.24, 2.45) is 0 Å². The molecule has 2 heterocycles. The third-order valence-electron chi connectivity index (χ3n) is 2.45. The SMILES string of the molecule is CN(Cc1ncn[nH]1)C(=O)C1COCCN1. The Labute approximate surface area is 93.2 Å². The van der Waals surface area contributed by atoms with E-state index in [0.717, 1.165) is 0 Å². The first-order valence-corrected chi connectivity index (χ1v) is 5.17. The molecule has 0 spiro atoms. The smallest absolute Gasteiger partial charge is 0.242 e. The van der Waals surface area contributed by atoms with Gasteiger partial charge in [-0.25, -0.2) is 4.98 Å². The van der Waals surface area contributed by atoms with Gasteiger partial charge in [0.1, 0.15) is 18.2 Å². The lowest BCUT2D eigenvalue weighted by Gasteiger charge is -2.26. The summed E-state index contributed by atoms with van der Waals surface area (Å²) in [6.45, 7) is 2.23. The molecule has 7 nitrogen and oxygen atoms in total. The number of likely N-dealkylation sites (N-methyl/N-ethyl adjacent to an activating group) is 1. The van der Waals surface area contributed by atoms with Gasteiger partial charge in [-0.3, -0.25) is 9.89 Å². The van der Waals surface area contributed by atoms with Gasteiger partial charge in [-0.1, -0.05) is 0 Å². The fourth-order valence-electron chi connectivity index (χ4n) is 1.60. The van der Waals surface area contributed by atoms with Crippen molar-refractivity contribution in [3.05, 3.63) is 12.2 Å². The number of morpholine rings is 1. The molecule has 2 rings (SSSR count). The third-order valence-corrected chi connectivity index (χ3v) is 2.45. The van der Waals surface area contributed by atoms with Crippen molar-refractivity contribution in [3.8, 4) is 0 Å². The van der Waals surface area contributed by atoms with Crippen LogP contribution in [-0.2, 0) is 16.1 Å². The van der Waals surface area contributed by atoms with E-state index >= 15 is 0 Å². The maximum Gasteiger partial charge on any atom is 0.242 e. The summed E-state index contributed by atoms with van der Waals surface area (Å²) in [6, 6.07) is -0.248. The van der Waals surface area contributed by atoms with Gasteiger partial charge < -0.3 is 15.0 Å². The molecule has 1 aromatic rings. The second kappa shape index (κ2) is 5.04. The van der Waals surface area contributed by atoms with E-state index in [4.69, 9.17) is 4.74 Å². The first-order chi connectivity index (χ1) is 7.77. The van der Waals surface area contributed by atoms with Gasteiger partial charge in [0.25, 0.3) is 0 Å². The quantitative estimate of drug-likeness (QED) is 0.671. The van der Waals surface area contributed by atoms with Crippen LogP contribution in [0.3, 0.4) is 0 Å². The van der Waals surface area contributed by atoms with Crippen LogP contribution in [0.1, 0.15) is 5.82 Å². The van der Waals surface area contributed by atoms with E-state index in [0.29, 0.717) is 32.1 Å². The van der Waals surface area contributed by atoms with Crippen molar-refractivity contribution in [1.82, 2.24) is 25.4 Å². The summed E-state index contributed by atoms with van der Waals surface area (Å²) >= 11 is 0. The van der Waals surface area contributed by atoms with Gasteiger partial charge in [0.05, 0.1) is 19.8 Å². The standard InChI is InChI=1S/C9H15N5O2/c1-14(4-8-11-6-12-13-8)9(15)7-5-16-3-2-10-7/h6-7,10H,2-5H2,1H3,(H,11,12,13). The van der Waals surface area contributed by atoms with Crippen LogP contribution in [0.2, 0.25) is 0 Å². The predicted molar refractivity (Wildman–Crippen MR) is 55.5 cm³/mol. The Morgan fingerprint density at radius 2 is 2.62 bits per heavy atom. The topological polar surface area (TPSA) is 83.1 Å². The number of carbonyl (C=O) groups is 1. The molecule has 1 fully saturated rings.